The molecule has 12 heavy (non-hydrogen) atoms. The maximum absolute atomic E-state index is 2.39. The average Bonchev–Trinajstić information content (AvgIpc) is 2.62. The molecule has 0 aliphatic heterocycles. The van der Waals surface area contributed by atoms with Crippen molar-refractivity contribution in [2.75, 3.05) is 0 Å². The van der Waals surface area contributed by atoms with Crippen molar-refractivity contribution < 1.29 is 0 Å². The molecule has 3 rings (SSSR count). The number of rotatable bonds is 1. The summed E-state index contributed by atoms with van der Waals surface area (Å²) in [5.74, 6) is 2.69. The van der Waals surface area contributed by atoms with E-state index < -0.39 is 0 Å². The zero-order chi connectivity index (χ0) is 7.97. The minimum atomic E-state index is 0.858. The summed E-state index contributed by atoms with van der Waals surface area (Å²) in [4.78, 5) is 0. The molecule has 0 N–H and O–H groups in total. The Morgan fingerprint density at radius 2 is 1.92 bits per heavy atom. The summed E-state index contributed by atoms with van der Waals surface area (Å²) in [5.41, 5.74) is 1.54. The van der Waals surface area contributed by atoms with E-state index in [-0.39, 0.29) is 0 Å². The van der Waals surface area contributed by atoms with Gasteiger partial charge in [-0.1, -0.05) is 42.5 Å². The highest BCUT2D eigenvalue weighted by molar-refractivity contribution is 5.34. The second-order valence-corrected chi connectivity index (χ2v) is 3.84. The molecular formula is C12H12. The number of fused-ring (bicyclic) bond motifs is 1. The molecule has 0 heterocycles. The highest BCUT2D eigenvalue weighted by Gasteiger charge is 2.50. The Hall–Kier alpha value is -1.04. The average molecular weight is 156 g/mol. The third-order valence-corrected chi connectivity index (χ3v) is 3.18. The lowest BCUT2D eigenvalue weighted by molar-refractivity contribution is 0.825. The van der Waals surface area contributed by atoms with Crippen molar-refractivity contribution in [3.05, 3.63) is 48.0 Å². The van der Waals surface area contributed by atoms with Crippen molar-refractivity contribution in [3.8, 4) is 0 Å². The Balaban J connectivity index is 1.90. The van der Waals surface area contributed by atoms with Crippen LogP contribution in [0.1, 0.15) is 17.9 Å². The normalized spacial score (nSPS) is 36.5. The number of hydrogen-bond donors (Lipinski definition) is 0. The summed E-state index contributed by atoms with van der Waals surface area (Å²) < 4.78 is 0. The first-order valence-corrected chi connectivity index (χ1v) is 4.68. The fourth-order valence-electron chi connectivity index (χ4n) is 2.50. The van der Waals surface area contributed by atoms with Crippen LogP contribution in [0.2, 0.25) is 0 Å². The van der Waals surface area contributed by atoms with E-state index in [1.807, 2.05) is 0 Å². The molecule has 3 unspecified atom stereocenters. The van der Waals surface area contributed by atoms with Gasteiger partial charge in [-0.2, -0.15) is 0 Å². The van der Waals surface area contributed by atoms with E-state index in [1.165, 1.54) is 12.0 Å². The first-order valence-electron chi connectivity index (χ1n) is 4.68. The van der Waals surface area contributed by atoms with Gasteiger partial charge in [0.25, 0.3) is 0 Å². The van der Waals surface area contributed by atoms with Gasteiger partial charge in [-0.25, -0.2) is 0 Å². The monoisotopic (exact) mass is 156 g/mol. The van der Waals surface area contributed by atoms with Crippen molar-refractivity contribution in [1.82, 2.24) is 0 Å². The molecule has 1 saturated carbocycles. The van der Waals surface area contributed by atoms with Crippen LogP contribution in [-0.2, 0) is 0 Å². The quantitative estimate of drug-likeness (QED) is 0.548. The molecule has 0 radical (unpaired) electrons. The number of allylic oxidation sites excluding steroid dienone is 2. The van der Waals surface area contributed by atoms with Gasteiger partial charge >= 0.3 is 0 Å². The van der Waals surface area contributed by atoms with E-state index in [2.05, 4.69) is 42.5 Å². The Morgan fingerprint density at radius 3 is 2.58 bits per heavy atom. The summed E-state index contributed by atoms with van der Waals surface area (Å²) >= 11 is 0. The maximum Gasteiger partial charge on any atom is -0.00589 e. The van der Waals surface area contributed by atoms with Crippen LogP contribution in [0.25, 0.3) is 0 Å². The second kappa shape index (κ2) is 2.22. The molecule has 2 aliphatic carbocycles. The Labute approximate surface area is 72.9 Å². The van der Waals surface area contributed by atoms with Crippen LogP contribution in [0.4, 0.5) is 0 Å². The van der Waals surface area contributed by atoms with Gasteiger partial charge in [-0.05, 0) is 29.7 Å². The van der Waals surface area contributed by atoms with Crippen LogP contribution in [0, 0.1) is 11.8 Å². The van der Waals surface area contributed by atoms with Gasteiger partial charge in [0.2, 0.25) is 0 Å². The van der Waals surface area contributed by atoms with Crippen LogP contribution in [0.3, 0.4) is 0 Å². The van der Waals surface area contributed by atoms with Crippen LogP contribution >= 0.6 is 0 Å². The van der Waals surface area contributed by atoms with Crippen LogP contribution in [-0.4, -0.2) is 0 Å². The van der Waals surface area contributed by atoms with Gasteiger partial charge in [0.05, 0.1) is 0 Å². The lowest BCUT2D eigenvalue weighted by Crippen LogP contribution is -1.82. The summed E-state index contributed by atoms with van der Waals surface area (Å²) in [6.07, 6.45) is 6.03. The SMILES string of the molecule is C1=CC2C(C1)C2c1ccccc1. The predicted molar refractivity (Wildman–Crippen MR) is 49.9 cm³/mol. The van der Waals surface area contributed by atoms with E-state index in [9.17, 15) is 0 Å². The zero-order valence-corrected chi connectivity index (χ0v) is 6.98. The molecule has 0 aromatic heterocycles. The molecule has 0 amide bonds. The summed E-state index contributed by atoms with van der Waals surface area (Å²) in [7, 11) is 0. The van der Waals surface area contributed by atoms with Gasteiger partial charge in [0.1, 0.15) is 0 Å². The van der Waals surface area contributed by atoms with Gasteiger partial charge in [0, 0.05) is 0 Å². The molecule has 0 spiro atoms. The smallest absolute Gasteiger partial charge is 0.00589 e. The summed E-state index contributed by atoms with van der Waals surface area (Å²) in [5, 5.41) is 0. The van der Waals surface area contributed by atoms with Crippen molar-refractivity contribution in [3.63, 3.8) is 0 Å². The van der Waals surface area contributed by atoms with E-state index in [0.717, 1.165) is 17.8 Å². The van der Waals surface area contributed by atoms with E-state index in [0.29, 0.717) is 0 Å². The minimum Gasteiger partial charge on any atom is -0.0879 e. The highest BCUT2D eigenvalue weighted by Crippen LogP contribution is 2.59. The molecular weight excluding hydrogens is 144 g/mol. The lowest BCUT2D eigenvalue weighted by atomic mass is 10.1. The Kier molecular flexibility index (Phi) is 1.20. The number of benzene rings is 1. The van der Waals surface area contributed by atoms with Gasteiger partial charge in [-0.15, -0.1) is 0 Å². The van der Waals surface area contributed by atoms with Gasteiger partial charge in [-0.3, -0.25) is 0 Å². The Bertz CT molecular complexity index is 310. The maximum atomic E-state index is 2.39. The second-order valence-electron chi connectivity index (χ2n) is 3.84. The third-order valence-electron chi connectivity index (χ3n) is 3.18. The first-order chi connectivity index (χ1) is 5.97. The number of hydrogen-bond acceptors (Lipinski definition) is 0. The Morgan fingerprint density at radius 1 is 1.08 bits per heavy atom. The first kappa shape index (κ1) is 6.47. The minimum absolute atomic E-state index is 0.858. The van der Waals surface area contributed by atoms with E-state index in [4.69, 9.17) is 0 Å². The van der Waals surface area contributed by atoms with E-state index in [1.54, 1.807) is 0 Å². The van der Waals surface area contributed by atoms with Crippen molar-refractivity contribution in [2.24, 2.45) is 11.8 Å². The highest BCUT2D eigenvalue weighted by atomic mass is 14.5. The molecule has 1 aromatic rings. The van der Waals surface area contributed by atoms with Gasteiger partial charge < -0.3 is 0 Å². The van der Waals surface area contributed by atoms with Crippen LogP contribution < -0.4 is 0 Å². The van der Waals surface area contributed by atoms with Crippen molar-refractivity contribution in [2.45, 2.75) is 12.3 Å². The predicted octanol–water partition coefficient (Wildman–Crippen LogP) is 2.98. The zero-order valence-electron chi connectivity index (χ0n) is 6.98. The van der Waals surface area contributed by atoms with E-state index >= 15 is 0 Å². The third kappa shape index (κ3) is 0.781. The molecule has 1 fully saturated rings. The molecule has 2 aliphatic rings. The topological polar surface area (TPSA) is 0 Å². The standard InChI is InChI=1S/C12H12/c1-2-5-9(6-3-1)12-10-7-4-8-11(10)12/h1-7,10-12H,8H2. The molecule has 0 heteroatoms. The molecule has 0 bridgehead atoms. The fourth-order valence-corrected chi connectivity index (χ4v) is 2.50. The molecule has 1 aromatic carbocycles. The van der Waals surface area contributed by atoms with Crippen LogP contribution in [0.15, 0.2) is 42.5 Å². The molecule has 0 nitrogen and oxygen atoms in total. The van der Waals surface area contributed by atoms with Crippen molar-refractivity contribution >= 4 is 0 Å². The molecule has 0 saturated heterocycles. The molecule has 3 atom stereocenters. The summed E-state index contributed by atoms with van der Waals surface area (Å²) in [6, 6.07) is 10.9. The summed E-state index contributed by atoms with van der Waals surface area (Å²) in [6.45, 7) is 0. The van der Waals surface area contributed by atoms with Gasteiger partial charge in [0.15, 0.2) is 0 Å². The van der Waals surface area contributed by atoms with Crippen molar-refractivity contribution in [1.29, 1.82) is 0 Å². The van der Waals surface area contributed by atoms with Crippen LogP contribution in [0.5, 0.6) is 0 Å². The molecule has 60 valence electrons. The largest absolute Gasteiger partial charge is 0.0879 e. The fraction of sp³-hybridized carbons (Fsp3) is 0.333. The lowest BCUT2D eigenvalue weighted by Gasteiger charge is -1.98.